The SMILES string of the molecule is CCCCCN(C(=O)N(OCc1ccc2ccccc2n1)S(C)(=O)=O)c1ccccc1. The van der Waals surface area contributed by atoms with Crippen molar-refractivity contribution in [1.29, 1.82) is 0 Å². The fourth-order valence-electron chi connectivity index (χ4n) is 3.17. The van der Waals surface area contributed by atoms with Crippen LogP contribution in [-0.4, -0.2) is 36.7 Å². The lowest BCUT2D eigenvalue weighted by molar-refractivity contribution is -0.0586. The maximum atomic E-state index is 13.2. The van der Waals surface area contributed by atoms with Crippen molar-refractivity contribution in [1.82, 2.24) is 9.45 Å². The number of nitrogens with zero attached hydrogens (tertiary/aromatic N) is 3. The second-order valence-electron chi connectivity index (χ2n) is 7.24. The normalized spacial score (nSPS) is 11.4. The first-order valence-electron chi connectivity index (χ1n) is 10.2. The van der Waals surface area contributed by atoms with Gasteiger partial charge in [-0.25, -0.2) is 18.0 Å². The van der Waals surface area contributed by atoms with E-state index < -0.39 is 16.1 Å². The zero-order valence-corrected chi connectivity index (χ0v) is 18.6. The number of sulfonamides is 1. The first-order valence-corrected chi connectivity index (χ1v) is 12.1. The molecule has 0 saturated carbocycles. The monoisotopic (exact) mass is 441 g/mol. The van der Waals surface area contributed by atoms with Crippen LogP contribution in [0.25, 0.3) is 10.9 Å². The van der Waals surface area contributed by atoms with Gasteiger partial charge in [0.2, 0.25) is 0 Å². The third-order valence-corrected chi connectivity index (χ3v) is 5.59. The lowest BCUT2D eigenvalue weighted by Gasteiger charge is -2.28. The number of carbonyl (C=O) groups is 1. The number of hydrogen-bond acceptors (Lipinski definition) is 5. The summed E-state index contributed by atoms with van der Waals surface area (Å²) in [6, 6.07) is 19.5. The van der Waals surface area contributed by atoms with Crippen LogP contribution in [0.1, 0.15) is 31.9 Å². The molecule has 7 nitrogen and oxygen atoms in total. The molecule has 2 aromatic carbocycles. The molecule has 3 aromatic rings. The van der Waals surface area contributed by atoms with Crippen LogP contribution in [0.5, 0.6) is 0 Å². The summed E-state index contributed by atoms with van der Waals surface area (Å²) in [5, 5.41) is 0.966. The third-order valence-electron chi connectivity index (χ3n) is 4.73. The van der Waals surface area contributed by atoms with E-state index in [1.165, 1.54) is 4.90 Å². The molecule has 3 rings (SSSR count). The number of hydrogen-bond donors (Lipinski definition) is 0. The predicted molar refractivity (Wildman–Crippen MR) is 122 cm³/mol. The highest BCUT2D eigenvalue weighted by atomic mass is 32.2. The van der Waals surface area contributed by atoms with Crippen LogP contribution < -0.4 is 4.90 Å². The maximum Gasteiger partial charge on any atom is 0.363 e. The number of hydroxylamine groups is 1. The highest BCUT2D eigenvalue weighted by molar-refractivity contribution is 7.88. The van der Waals surface area contributed by atoms with Gasteiger partial charge in [-0.2, -0.15) is 0 Å². The minimum atomic E-state index is -3.97. The molecule has 0 aliphatic rings. The summed E-state index contributed by atoms with van der Waals surface area (Å²) in [4.78, 5) is 24.7. The Balaban J connectivity index is 1.82. The topological polar surface area (TPSA) is 79.8 Å². The first-order chi connectivity index (χ1) is 14.9. The molecule has 164 valence electrons. The summed E-state index contributed by atoms with van der Waals surface area (Å²) in [6.07, 6.45) is 3.61. The molecular weight excluding hydrogens is 414 g/mol. The van der Waals surface area contributed by atoms with Gasteiger partial charge in [0.25, 0.3) is 10.0 Å². The molecule has 0 fully saturated rings. The number of urea groups is 1. The van der Waals surface area contributed by atoms with Crippen LogP contribution in [0.15, 0.2) is 66.7 Å². The number of anilines is 1. The van der Waals surface area contributed by atoms with Crippen molar-refractivity contribution in [2.75, 3.05) is 17.7 Å². The molecule has 0 aliphatic heterocycles. The number of aromatic nitrogens is 1. The Morgan fingerprint density at radius 2 is 1.68 bits per heavy atom. The molecule has 0 unspecified atom stereocenters. The molecule has 0 radical (unpaired) electrons. The minimum Gasteiger partial charge on any atom is -0.292 e. The van der Waals surface area contributed by atoms with Crippen molar-refractivity contribution in [2.24, 2.45) is 0 Å². The van der Waals surface area contributed by atoms with E-state index in [1.54, 1.807) is 30.3 Å². The van der Waals surface area contributed by atoms with Crippen LogP contribution >= 0.6 is 0 Å². The number of rotatable bonds is 9. The van der Waals surface area contributed by atoms with Crippen molar-refractivity contribution in [2.45, 2.75) is 32.8 Å². The molecule has 31 heavy (non-hydrogen) atoms. The van der Waals surface area contributed by atoms with E-state index in [2.05, 4.69) is 11.9 Å². The molecule has 1 heterocycles. The van der Waals surface area contributed by atoms with Gasteiger partial charge in [0.05, 0.1) is 17.5 Å². The average molecular weight is 442 g/mol. The fourth-order valence-corrected chi connectivity index (χ4v) is 3.79. The van der Waals surface area contributed by atoms with E-state index in [9.17, 15) is 13.2 Å². The summed E-state index contributed by atoms with van der Waals surface area (Å²) in [6.45, 7) is 2.30. The Labute approximate surface area is 183 Å². The van der Waals surface area contributed by atoms with Crippen molar-refractivity contribution >= 4 is 32.6 Å². The van der Waals surface area contributed by atoms with Crippen LogP contribution in [0.2, 0.25) is 0 Å². The van der Waals surface area contributed by atoms with E-state index in [4.69, 9.17) is 4.84 Å². The molecule has 0 saturated heterocycles. The van der Waals surface area contributed by atoms with Crippen LogP contribution in [-0.2, 0) is 21.5 Å². The van der Waals surface area contributed by atoms with Gasteiger partial charge in [-0.3, -0.25) is 9.88 Å². The number of amides is 2. The molecular formula is C23H27N3O4S. The van der Waals surface area contributed by atoms with E-state index in [1.807, 2.05) is 36.4 Å². The highest BCUT2D eigenvalue weighted by Crippen LogP contribution is 2.20. The van der Waals surface area contributed by atoms with Crippen LogP contribution in [0.4, 0.5) is 10.5 Å². The van der Waals surface area contributed by atoms with E-state index in [0.717, 1.165) is 36.4 Å². The van der Waals surface area contributed by atoms with E-state index in [0.29, 0.717) is 22.4 Å². The summed E-state index contributed by atoms with van der Waals surface area (Å²) in [7, 11) is -3.97. The summed E-state index contributed by atoms with van der Waals surface area (Å²) in [5.74, 6) is 0. The Morgan fingerprint density at radius 1 is 0.968 bits per heavy atom. The number of benzene rings is 2. The quantitative estimate of drug-likeness (QED) is 0.354. The molecule has 0 aliphatic carbocycles. The van der Waals surface area contributed by atoms with Gasteiger partial charge in [-0.05, 0) is 30.7 Å². The molecule has 1 aromatic heterocycles. The maximum absolute atomic E-state index is 13.2. The second-order valence-corrected chi connectivity index (χ2v) is 9.03. The zero-order chi connectivity index (χ0) is 22.3. The highest BCUT2D eigenvalue weighted by Gasteiger charge is 2.30. The van der Waals surface area contributed by atoms with Crippen molar-refractivity contribution in [3.8, 4) is 0 Å². The fraction of sp³-hybridized carbons (Fsp3) is 0.304. The van der Waals surface area contributed by atoms with Gasteiger partial charge >= 0.3 is 6.03 Å². The predicted octanol–water partition coefficient (Wildman–Crippen LogP) is 4.74. The summed E-state index contributed by atoms with van der Waals surface area (Å²) >= 11 is 0. The van der Waals surface area contributed by atoms with Gasteiger partial charge in [0, 0.05) is 17.6 Å². The van der Waals surface area contributed by atoms with Crippen molar-refractivity contribution in [3.05, 3.63) is 72.4 Å². The van der Waals surface area contributed by atoms with Crippen molar-refractivity contribution in [3.63, 3.8) is 0 Å². The third kappa shape index (κ3) is 6.02. The van der Waals surface area contributed by atoms with Crippen molar-refractivity contribution < 1.29 is 18.0 Å². The minimum absolute atomic E-state index is 0.152. The smallest absolute Gasteiger partial charge is 0.292 e. The van der Waals surface area contributed by atoms with Gasteiger partial charge in [-0.15, -0.1) is 0 Å². The Hall–Kier alpha value is -2.97. The molecule has 0 spiro atoms. The standard InChI is InChI=1S/C23H27N3O4S/c1-3-4-10-17-25(21-12-6-5-7-13-21)23(27)26(31(2,28)29)30-18-20-16-15-19-11-8-9-14-22(19)24-20/h5-9,11-16H,3-4,10,17-18H2,1-2H3. The lowest BCUT2D eigenvalue weighted by atomic mass is 10.2. The average Bonchev–Trinajstić information content (AvgIpc) is 2.76. The summed E-state index contributed by atoms with van der Waals surface area (Å²) < 4.78 is 25.3. The van der Waals surface area contributed by atoms with Gasteiger partial charge in [0.15, 0.2) is 0 Å². The summed E-state index contributed by atoms with van der Waals surface area (Å²) in [5.41, 5.74) is 1.91. The number of unbranched alkanes of at least 4 members (excludes halogenated alkanes) is 2. The Morgan fingerprint density at radius 3 is 2.39 bits per heavy atom. The van der Waals surface area contributed by atoms with E-state index >= 15 is 0 Å². The molecule has 8 heteroatoms. The van der Waals surface area contributed by atoms with Crippen LogP contribution in [0.3, 0.4) is 0 Å². The van der Waals surface area contributed by atoms with Gasteiger partial charge in [-0.1, -0.05) is 66.7 Å². The molecule has 0 bridgehead atoms. The van der Waals surface area contributed by atoms with E-state index in [-0.39, 0.29) is 6.61 Å². The van der Waals surface area contributed by atoms with Gasteiger partial charge in [0.1, 0.15) is 6.61 Å². The molecule has 0 atom stereocenters. The zero-order valence-electron chi connectivity index (χ0n) is 17.8. The molecule has 2 amide bonds. The second kappa shape index (κ2) is 10.4. The number of fused-ring (bicyclic) bond motifs is 1. The Kier molecular flexibility index (Phi) is 7.59. The Bertz CT molecular complexity index is 1120. The number of carbonyl (C=O) groups excluding carboxylic acids is 1. The largest absolute Gasteiger partial charge is 0.363 e. The lowest BCUT2D eigenvalue weighted by Crippen LogP contribution is -2.46. The van der Waals surface area contributed by atoms with Crippen LogP contribution in [0, 0.1) is 0 Å². The first kappa shape index (κ1) is 22.7. The number of para-hydroxylation sites is 2. The van der Waals surface area contributed by atoms with Gasteiger partial charge < -0.3 is 0 Å². The number of pyridine rings is 1. The molecule has 0 N–H and O–H groups in total.